The minimum Gasteiger partial charge on any atom is -0.441 e. The molecule has 2 aromatic carbocycles. The van der Waals surface area contributed by atoms with Crippen molar-refractivity contribution in [3.8, 4) is 22.6 Å². The van der Waals surface area contributed by atoms with Crippen molar-refractivity contribution >= 4 is 22.6 Å². The molecule has 0 saturated carbocycles. The van der Waals surface area contributed by atoms with E-state index in [0.717, 1.165) is 33.4 Å². The fraction of sp³-hybridized carbons (Fsp3) is 0.160. The SMILES string of the molecule is Cc1oc(-c2cccc(Cl)c2)nc1Cn1c(=O)cc(-c2ccccc2)c2c(C)nn(C)c21. The van der Waals surface area contributed by atoms with Gasteiger partial charge in [0.05, 0.1) is 12.2 Å². The molecule has 0 saturated heterocycles. The highest BCUT2D eigenvalue weighted by atomic mass is 35.5. The average Bonchev–Trinajstić information content (AvgIpc) is 3.29. The Morgan fingerprint density at radius 1 is 1.00 bits per heavy atom. The van der Waals surface area contributed by atoms with Crippen molar-refractivity contribution in [2.24, 2.45) is 7.05 Å². The summed E-state index contributed by atoms with van der Waals surface area (Å²) in [6.07, 6.45) is 0. The van der Waals surface area contributed by atoms with E-state index in [1.54, 1.807) is 27.4 Å². The smallest absolute Gasteiger partial charge is 0.253 e. The Labute approximate surface area is 189 Å². The first-order chi connectivity index (χ1) is 15.4. The third-order valence-electron chi connectivity index (χ3n) is 5.61. The standard InChI is InChI=1S/C25H21ClN4O2/c1-15-23-20(17-8-5-4-6-9-17)13-22(31)30(25(23)29(3)28-15)14-21-16(2)32-24(27-21)18-10-7-11-19(26)12-18/h4-13H,14H2,1-3H3. The number of hydrogen-bond donors (Lipinski definition) is 0. The van der Waals surface area contributed by atoms with Crippen molar-refractivity contribution in [2.45, 2.75) is 20.4 Å². The Bertz CT molecular complexity index is 1510. The second-order valence-corrected chi connectivity index (χ2v) is 8.22. The monoisotopic (exact) mass is 444 g/mol. The predicted molar refractivity (Wildman–Crippen MR) is 126 cm³/mol. The first kappa shape index (κ1) is 20.3. The number of halogens is 1. The van der Waals surface area contributed by atoms with Crippen LogP contribution in [0.2, 0.25) is 5.02 Å². The van der Waals surface area contributed by atoms with E-state index < -0.39 is 0 Å². The van der Waals surface area contributed by atoms with Crippen molar-refractivity contribution in [3.05, 3.63) is 93.2 Å². The minimum atomic E-state index is -0.119. The van der Waals surface area contributed by atoms with E-state index in [1.807, 2.05) is 63.4 Å². The van der Waals surface area contributed by atoms with Crippen LogP contribution in [0.3, 0.4) is 0 Å². The van der Waals surface area contributed by atoms with Crippen LogP contribution >= 0.6 is 11.6 Å². The molecule has 0 atom stereocenters. The lowest BCUT2D eigenvalue weighted by molar-refractivity contribution is 0.537. The molecule has 0 unspecified atom stereocenters. The molecule has 6 nitrogen and oxygen atoms in total. The van der Waals surface area contributed by atoms with Gasteiger partial charge in [-0.05, 0) is 43.2 Å². The van der Waals surface area contributed by atoms with Crippen molar-refractivity contribution < 1.29 is 4.42 Å². The summed E-state index contributed by atoms with van der Waals surface area (Å²) in [5.74, 6) is 1.14. The molecule has 3 aromatic heterocycles. The van der Waals surface area contributed by atoms with Crippen LogP contribution in [0.1, 0.15) is 17.1 Å². The third-order valence-corrected chi connectivity index (χ3v) is 5.84. The second-order valence-electron chi connectivity index (χ2n) is 7.79. The van der Waals surface area contributed by atoms with Crippen LogP contribution in [-0.4, -0.2) is 19.3 Å². The molecule has 32 heavy (non-hydrogen) atoms. The zero-order chi connectivity index (χ0) is 22.4. The van der Waals surface area contributed by atoms with Gasteiger partial charge in [-0.1, -0.05) is 48.0 Å². The molecule has 160 valence electrons. The number of hydrogen-bond acceptors (Lipinski definition) is 4. The molecular formula is C25H21ClN4O2. The number of oxazole rings is 1. The highest BCUT2D eigenvalue weighted by molar-refractivity contribution is 6.30. The Balaban J connectivity index is 1.65. The Morgan fingerprint density at radius 3 is 2.50 bits per heavy atom. The van der Waals surface area contributed by atoms with E-state index in [2.05, 4.69) is 10.1 Å². The van der Waals surface area contributed by atoms with E-state index in [1.165, 1.54) is 0 Å². The highest BCUT2D eigenvalue weighted by Gasteiger charge is 2.20. The van der Waals surface area contributed by atoms with E-state index in [0.29, 0.717) is 22.4 Å². The fourth-order valence-electron chi connectivity index (χ4n) is 4.12. The van der Waals surface area contributed by atoms with Crippen LogP contribution in [0.5, 0.6) is 0 Å². The van der Waals surface area contributed by atoms with Crippen LogP contribution in [0.4, 0.5) is 0 Å². The molecular weight excluding hydrogens is 424 g/mol. The number of fused-ring (bicyclic) bond motifs is 1. The molecule has 5 rings (SSSR count). The topological polar surface area (TPSA) is 65.8 Å². The van der Waals surface area contributed by atoms with Crippen LogP contribution < -0.4 is 5.56 Å². The normalized spacial score (nSPS) is 11.4. The lowest BCUT2D eigenvalue weighted by Gasteiger charge is -2.11. The molecule has 3 heterocycles. The van der Waals surface area contributed by atoms with Gasteiger partial charge in [-0.25, -0.2) is 4.98 Å². The van der Waals surface area contributed by atoms with Crippen molar-refractivity contribution in [1.82, 2.24) is 19.3 Å². The largest absolute Gasteiger partial charge is 0.441 e. The van der Waals surface area contributed by atoms with Gasteiger partial charge in [-0.15, -0.1) is 0 Å². The summed E-state index contributed by atoms with van der Waals surface area (Å²) in [5.41, 5.74) is 4.84. The summed E-state index contributed by atoms with van der Waals surface area (Å²) in [5, 5.41) is 6.17. The third kappa shape index (κ3) is 3.42. The molecule has 0 spiro atoms. The van der Waals surface area contributed by atoms with Crippen molar-refractivity contribution in [2.75, 3.05) is 0 Å². The predicted octanol–water partition coefficient (Wildman–Crippen LogP) is 5.38. The van der Waals surface area contributed by atoms with Gasteiger partial charge in [0.15, 0.2) is 0 Å². The lowest BCUT2D eigenvalue weighted by atomic mass is 10.0. The van der Waals surface area contributed by atoms with Gasteiger partial charge in [0.25, 0.3) is 5.56 Å². The van der Waals surface area contributed by atoms with Crippen LogP contribution in [0.15, 0.2) is 69.9 Å². The molecule has 0 bridgehead atoms. The zero-order valence-electron chi connectivity index (χ0n) is 18.0. The molecule has 7 heteroatoms. The van der Waals surface area contributed by atoms with Gasteiger partial charge in [-0.2, -0.15) is 5.10 Å². The van der Waals surface area contributed by atoms with E-state index >= 15 is 0 Å². The van der Waals surface area contributed by atoms with Crippen LogP contribution in [0.25, 0.3) is 33.6 Å². The second kappa shape index (κ2) is 7.80. The van der Waals surface area contributed by atoms with Gasteiger partial charge in [-0.3, -0.25) is 14.0 Å². The van der Waals surface area contributed by atoms with E-state index in [9.17, 15) is 4.79 Å². The maximum atomic E-state index is 13.3. The highest BCUT2D eigenvalue weighted by Crippen LogP contribution is 2.30. The summed E-state index contributed by atoms with van der Waals surface area (Å²) < 4.78 is 9.36. The molecule has 0 aliphatic carbocycles. The number of aryl methyl sites for hydroxylation is 3. The molecule has 0 aliphatic rings. The van der Waals surface area contributed by atoms with Crippen LogP contribution in [-0.2, 0) is 13.6 Å². The van der Waals surface area contributed by atoms with Gasteiger partial charge >= 0.3 is 0 Å². The Kier molecular flexibility index (Phi) is 4.94. The minimum absolute atomic E-state index is 0.119. The van der Waals surface area contributed by atoms with Gasteiger partial charge in [0.2, 0.25) is 5.89 Å². The molecule has 0 aliphatic heterocycles. The Hall–Kier alpha value is -3.64. The summed E-state index contributed by atoms with van der Waals surface area (Å²) >= 11 is 6.12. The maximum absolute atomic E-state index is 13.3. The summed E-state index contributed by atoms with van der Waals surface area (Å²) in [6, 6.07) is 18.9. The van der Waals surface area contributed by atoms with Gasteiger partial charge < -0.3 is 4.42 Å². The molecule has 5 aromatic rings. The van der Waals surface area contributed by atoms with Crippen LogP contribution in [0, 0.1) is 13.8 Å². The summed E-state index contributed by atoms with van der Waals surface area (Å²) in [4.78, 5) is 17.9. The molecule has 0 N–H and O–H groups in total. The lowest BCUT2D eigenvalue weighted by Crippen LogP contribution is -2.22. The average molecular weight is 445 g/mol. The summed E-state index contributed by atoms with van der Waals surface area (Å²) in [7, 11) is 1.85. The molecule has 0 fully saturated rings. The number of benzene rings is 2. The van der Waals surface area contributed by atoms with Crippen molar-refractivity contribution in [3.63, 3.8) is 0 Å². The molecule has 0 amide bonds. The first-order valence-corrected chi connectivity index (χ1v) is 10.6. The summed E-state index contributed by atoms with van der Waals surface area (Å²) in [6.45, 7) is 4.09. The number of aromatic nitrogens is 4. The van der Waals surface area contributed by atoms with Gasteiger partial charge in [0, 0.05) is 29.1 Å². The maximum Gasteiger partial charge on any atom is 0.253 e. The number of pyridine rings is 1. The van der Waals surface area contributed by atoms with E-state index in [-0.39, 0.29) is 12.1 Å². The molecule has 0 radical (unpaired) electrons. The Morgan fingerprint density at radius 2 is 1.75 bits per heavy atom. The van der Waals surface area contributed by atoms with Gasteiger partial charge in [0.1, 0.15) is 17.1 Å². The number of rotatable bonds is 4. The van der Waals surface area contributed by atoms with E-state index in [4.69, 9.17) is 16.0 Å². The number of nitrogens with zero attached hydrogens (tertiary/aromatic N) is 4. The fourth-order valence-corrected chi connectivity index (χ4v) is 4.31. The van der Waals surface area contributed by atoms with Crippen molar-refractivity contribution in [1.29, 1.82) is 0 Å². The first-order valence-electron chi connectivity index (χ1n) is 10.3. The quantitative estimate of drug-likeness (QED) is 0.373. The zero-order valence-corrected chi connectivity index (χ0v) is 18.7.